The zero-order valence-electron chi connectivity index (χ0n) is 10.0. The topological polar surface area (TPSA) is 12.4 Å². The predicted octanol–water partition coefficient (Wildman–Crippen LogP) is 4.66. The van der Waals surface area contributed by atoms with Gasteiger partial charge >= 0.3 is 0 Å². The highest BCUT2D eigenvalue weighted by atomic mass is 35.5. The molecule has 90 valence electrons. The second-order valence-electron chi connectivity index (χ2n) is 4.52. The summed E-state index contributed by atoms with van der Waals surface area (Å²) >= 11 is 6.22. The molecule has 3 rings (SSSR count). The van der Waals surface area contributed by atoms with Crippen LogP contribution in [0.3, 0.4) is 0 Å². The third-order valence-electron chi connectivity index (χ3n) is 3.34. The number of rotatable bonds is 2. The van der Waals surface area contributed by atoms with E-state index >= 15 is 0 Å². The van der Waals surface area contributed by atoms with Crippen LogP contribution in [0.2, 0.25) is 5.02 Å². The van der Waals surface area contributed by atoms with Gasteiger partial charge in [-0.3, -0.25) is 4.99 Å². The van der Waals surface area contributed by atoms with Gasteiger partial charge in [-0.2, -0.15) is 0 Å². The molecule has 2 heteroatoms. The Morgan fingerprint density at radius 2 is 1.67 bits per heavy atom. The highest BCUT2D eigenvalue weighted by molar-refractivity contribution is 6.34. The molecule has 18 heavy (non-hydrogen) atoms. The lowest BCUT2D eigenvalue weighted by molar-refractivity contribution is 0.723. The highest BCUT2D eigenvalue weighted by Gasteiger charge is 2.20. The molecular formula is C16H14ClN. The maximum atomic E-state index is 6.22. The van der Waals surface area contributed by atoms with Crippen LogP contribution in [0.4, 0.5) is 0 Å². The lowest BCUT2D eigenvalue weighted by Gasteiger charge is -2.05. The average Bonchev–Trinajstić information content (AvgIpc) is 2.90. The zero-order valence-corrected chi connectivity index (χ0v) is 10.8. The van der Waals surface area contributed by atoms with Crippen LogP contribution in [0.15, 0.2) is 59.6 Å². The van der Waals surface area contributed by atoms with Crippen molar-refractivity contribution in [2.45, 2.75) is 18.9 Å². The Labute approximate surface area is 112 Å². The second kappa shape index (κ2) is 4.95. The number of hydrogen-bond donors (Lipinski definition) is 0. The summed E-state index contributed by atoms with van der Waals surface area (Å²) in [5.41, 5.74) is 3.51. The molecule has 0 aromatic heterocycles. The minimum Gasteiger partial charge on any atom is -0.281 e. The van der Waals surface area contributed by atoms with Crippen LogP contribution >= 0.6 is 11.6 Å². The van der Waals surface area contributed by atoms with Gasteiger partial charge in [0.1, 0.15) is 0 Å². The first-order chi connectivity index (χ1) is 8.84. The lowest BCUT2D eigenvalue weighted by atomic mass is 10.0. The van der Waals surface area contributed by atoms with E-state index in [1.54, 1.807) is 0 Å². The number of aliphatic imine (C=N–C) groups is 1. The first kappa shape index (κ1) is 11.5. The van der Waals surface area contributed by atoms with Gasteiger partial charge in [-0.25, -0.2) is 0 Å². The average molecular weight is 256 g/mol. The van der Waals surface area contributed by atoms with Crippen LogP contribution in [-0.2, 0) is 0 Å². The molecule has 1 unspecified atom stereocenters. The van der Waals surface area contributed by atoms with Crippen LogP contribution in [-0.4, -0.2) is 5.71 Å². The van der Waals surface area contributed by atoms with E-state index in [4.69, 9.17) is 16.6 Å². The minimum absolute atomic E-state index is 0.289. The van der Waals surface area contributed by atoms with Gasteiger partial charge in [0.15, 0.2) is 0 Å². The third kappa shape index (κ3) is 2.19. The van der Waals surface area contributed by atoms with E-state index in [9.17, 15) is 0 Å². The van der Waals surface area contributed by atoms with Gasteiger partial charge < -0.3 is 0 Å². The lowest BCUT2D eigenvalue weighted by Crippen LogP contribution is -1.96. The molecule has 0 amide bonds. The van der Waals surface area contributed by atoms with Crippen molar-refractivity contribution >= 4 is 17.3 Å². The smallest absolute Gasteiger partial charge is 0.0756 e. The Morgan fingerprint density at radius 3 is 2.44 bits per heavy atom. The normalized spacial score (nSPS) is 18.7. The quantitative estimate of drug-likeness (QED) is 0.740. The van der Waals surface area contributed by atoms with Crippen molar-refractivity contribution in [2.75, 3.05) is 0 Å². The summed E-state index contributed by atoms with van der Waals surface area (Å²) in [5, 5.41) is 0.796. The van der Waals surface area contributed by atoms with Crippen molar-refractivity contribution < 1.29 is 0 Å². The Morgan fingerprint density at radius 1 is 0.944 bits per heavy atom. The molecule has 0 bridgehead atoms. The van der Waals surface area contributed by atoms with Crippen LogP contribution in [0.25, 0.3) is 0 Å². The molecule has 0 spiro atoms. The molecule has 1 heterocycles. The predicted molar refractivity (Wildman–Crippen MR) is 76.4 cm³/mol. The van der Waals surface area contributed by atoms with Gasteiger partial charge in [-0.05, 0) is 24.5 Å². The summed E-state index contributed by atoms with van der Waals surface area (Å²) in [5.74, 6) is 0. The molecule has 0 radical (unpaired) electrons. The van der Waals surface area contributed by atoms with Gasteiger partial charge in [-0.1, -0.05) is 60.1 Å². The summed E-state index contributed by atoms with van der Waals surface area (Å²) < 4.78 is 0. The molecule has 0 saturated carbocycles. The van der Waals surface area contributed by atoms with Crippen molar-refractivity contribution in [1.29, 1.82) is 0 Å². The first-order valence-electron chi connectivity index (χ1n) is 6.21. The first-order valence-corrected chi connectivity index (χ1v) is 6.59. The Bertz CT molecular complexity index is 575. The molecule has 1 atom stereocenters. The highest BCUT2D eigenvalue weighted by Crippen LogP contribution is 2.32. The molecule has 1 aliphatic heterocycles. The molecule has 1 aliphatic rings. The van der Waals surface area contributed by atoms with Gasteiger partial charge in [0.2, 0.25) is 0 Å². The molecule has 0 saturated heterocycles. The van der Waals surface area contributed by atoms with Gasteiger partial charge in [0.05, 0.1) is 6.04 Å². The number of nitrogens with zero attached hydrogens (tertiary/aromatic N) is 1. The van der Waals surface area contributed by atoms with Crippen LogP contribution in [0.5, 0.6) is 0 Å². The molecule has 2 aromatic rings. The fraction of sp³-hybridized carbons (Fsp3) is 0.188. The van der Waals surface area contributed by atoms with Crippen LogP contribution in [0.1, 0.15) is 30.0 Å². The van der Waals surface area contributed by atoms with E-state index < -0.39 is 0 Å². The van der Waals surface area contributed by atoms with E-state index in [2.05, 4.69) is 30.3 Å². The minimum atomic E-state index is 0.289. The largest absolute Gasteiger partial charge is 0.281 e. The number of hydrogen-bond acceptors (Lipinski definition) is 1. The number of halogens is 1. The van der Waals surface area contributed by atoms with E-state index in [0.29, 0.717) is 0 Å². The molecule has 1 nitrogen and oxygen atoms in total. The summed E-state index contributed by atoms with van der Waals surface area (Å²) in [6.07, 6.45) is 2.08. The summed E-state index contributed by atoms with van der Waals surface area (Å²) in [4.78, 5) is 4.82. The fourth-order valence-corrected chi connectivity index (χ4v) is 2.65. The van der Waals surface area contributed by atoms with Crippen LogP contribution < -0.4 is 0 Å². The maximum Gasteiger partial charge on any atom is 0.0756 e. The molecule has 0 fully saturated rings. The van der Waals surface area contributed by atoms with E-state index in [1.165, 1.54) is 5.56 Å². The number of benzene rings is 2. The Kier molecular flexibility index (Phi) is 3.16. The fourth-order valence-electron chi connectivity index (χ4n) is 2.41. The molecule has 0 N–H and O–H groups in total. The van der Waals surface area contributed by atoms with Gasteiger partial charge in [0, 0.05) is 16.3 Å². The molecule has 2 aromatic carbocycles. The zero-order chi connectivity index (χ0) is 12.4. The van der Waals surface area contributed by atoms with E-state index in [1.807, 2.05) is 24.3 Å². The van der Waals surface area contributed by atoms with Gasteiger partial charge in [-0.15, -0.1) is 0 Å². The SMILES string of the molecule is Clc1ccccc1C1=NC(c2ccccc2)CC1. The van der Waals surface area contributed by atoms with Crippen molar-refractivity contribution in [3.8, 4) is 0 Å². The summed E-state index contributed by atoms with van der Waals surface area (Å²) in [6.45, 7) is 0. The maximum absolute atomic E-state index is 6.22. The summed E-state index contributed by atoms with van der Waals surface area (Å²) in [6, 6.07) is 18.7. The Balaban J connectivity index is 1.91. The monoisotopic (exact) mass is 255 g/mol. The van der Waals surface area contributed by atoms with Crippen molar-refractivity contribution in [1.82, 2.24) is 0 Å². The Hall–Kier alpha value is -1.60. The molecular weight excluding hydrogens is 242 g/mol. The van der Waals surface area contributed by atoms with E-state index in [-0.39, 0.29) is 6.04 Å². The van der Waals surface area contributed by atoms with Crippen molar-refractivity contribution in [3.63, 3.8) is 0 Å². The van der Waals surface area contributed by atoms with E-state index in [0.717, 1.165) is 29.1 Å². The second-order valence-corrected chi connectivity index (χ2v) is 4.93. The van der Waals surface area contributed by atoms with Crippen LogP contribution in [0, 0.1) is 0 Å². The standard InChI is InChI=1S/C16H14ClN/c17-14-9-5-4-8-13(14)16-11-10-15(18-16)12-6-2-1-3-7-12/h1-9,15H,10-11H2. The van der Waals surface area contributed by atoms with Crippen molar-refractivity contribution in [3.05, 3.63) is 70.7 Å². The van der Waals surface area contributed by atoms with Gasteiger partial charge in [0.25, 0.3) is 0 Å². The third-order valence-corrected chi connectivity index (χ3v) is 3.66. The molecule has 0 aliphatic carbocycles. The summed E-state index contributed by atoms with van der Waals surface area (Å²) in [7, 11) is 0. The van der Waals surface area contributed by atoms with Crippen molar-refractivity contribution in [2.24, 2.45) is 4.99 Å².